The van der Waals surface area contributed by atoms with Crippen molar-refractivity contribution in [1.82, 2.24) is 4.57 Å². The maximum Gasteiger partial charge on any atom is 0.326 e. The number of fused-ring (bicyclic) bond motifs is 1. The normalized spacial score (nSPS) is 11.7. The van der Waals surface area contributed by atoms with Crippen molar-refractivity contribution < 1.29 is 18.7 Å². The number of halogens is 1. The molecule has 1 amide bonds. The molecule has 0 N–H and O–H groups in total. The van der Waals surface area contributed by atoms with E-state index in [-0.39, 0.29) is 18.7 Å². The second kappa shape index (κ2) is 7.61. The molecule has 0 saturated heterocycles. The van der Waals surface area contributed by atoms with Gasteiger partial charge in [-0.3, -0.25) is 9.59 Å². The van der Waals surface area contributed by atoms with Gasteiger partial charge >= 0.3 is 5.97 Å². The molecular formula is C19H17FN2O3S. The number of aromatic nitrogens is 1. The zero-order valence-electron chi connectivity index (χ0n) is 14.4. The Morgan fingerprint density at radius 2 is 1.92 bits per heavy atom. The predicted molar refractivity (Wildman–Crippen MR) is 97.5 cm³/mol. The van der Waals surface area contributed by atoms with E-state index in [1.807, 2.05) is 25.1 Å². The summed E-state index contributed by atoms with van der Waals surface area (Å²) in [5.41, 5.74) is 2.15. The van der Waals surface area contributed by atoms with Gasteiger partial charge in [0.15, 0.2) is 4.80 Å². The second-order valence-electron chi connectivity index (χ2n) is 5.67. The minimum Gasteiger partial charge on any atom is -0.465 e. The second-order valence-corrected chi connectivity index (χ2v) is 6.68. The quantitative estimate of drug-likeness (QED) is 0.659. The minimum absolute atomic E-state index is 0.0353. The van der Waals surface area contributed by atoms with Crippen LogP contribution in [0.2, 0.25) is 0 Å². The van der Waals surface area contributed by atoms with Crippen LogP contribution in [0.3, 0.4) is 0 Å². The Kier molecular flexibility index (Phi) is 5.27. The highest BCUT2D eigenvalue weighted by Crippen LogP contribution is 2.19. The summed E-state index contributed by atoms with van der Waals surface area (Å²) in [6, 6.07) is 11.0. The number of amides is 1. The van der Waals surface area contributed by atoms with Gasteiger partial charge in [0.2, 0.25) is 0 Å². The molecule has 0 radical (unpaired) electrons. The topological polar surface area (TPSA) is 60.7 Å². The zero-order chi connectivity index (χ0) is 18.7. The third kappa shape index (κ3) is 3.88. The van der Waals surface area contributed by atoms with Gasteiger partial charge in [-0.15, -0.1) is 0 Å². The van der Waals surface area contributed by atoms with Crippen LogP contribution >= 0.6 is 11.3 Å². The fourth-order valence-electron chi connectivity index (χ4n) is 2.50. The van der Waals surface area contributed by atoms with Crippen molar-refractivity contribution >= 4 is 33.4 Å². The van der Waals surface area contributed by atoms with Crippen molar-refractivity contribution in [2.45, 2.75) is 20.4 Å². The number of benzene rings is 2. The van der Waals surface area contributed by atoms with Gasteiger partial charge in [-0.25, -0.2) is 4.39 Å². The number of esters is 1. The van der Waals surface area contributed by atoms with E-state index < -0.39 is 17.7 Å². The van der Waals surface area contributed by atoms with Crippen LogP contribution in [-0.2, 0) is 16.1 Å². The third-order valence-electron chi connectivity index (χ3n) is 3.72. The van der Waals surface area contributed by atoms with Crippen molar-refractivity contribution in [3.05, 3.63) is 64.2 Å². The number of carbonyl (C=O) groups is 2. The molecule has 1 heterocycles. The highest BCUT2D eigenvalue weighted by Gasteiger charge is 2.13. The van der Waals surface area contributed by atoms with Crippen molar-refractivity contribution in [3.8, 4) is 0 Å². The molecule has 0 bridgehead atoms. The van der Waals surface area contributed by atoms with Gasteiger partial charge in [0.1, 0.15) is 12.4 Å². The Labute approximate surface area is 153 Å². The Hall–Kier alpha value is -2.80. The summed E-state index contributed by atoms with van der Waals surface area (Å²) >= 11 is 1.32. The van der Waals surface area contributed by atoms with Crippen LogP contribution in [0.5, 0.6) is 0 Å². The molecule has 3 aromatic rings. The molecule has 134 valence electrons. The van der Waals surface area contributed by atoms with Crippen molar-refractivity contribution in [1.29, 1.82) is 0 Å². The number of nitrogens with zero attached hydrogens (tertiary/aromatic N) is 2. The largest absolute Gasteiger partial charge is 0.465 e. The molecule has 0 saturated carbocycles. The highest BCUT2D eigenvalue weighted by atomic mass is 32.1. The Balaban J connectivity index is 2.09. The lowest BCUT2D eigenvalue weighted by Gasteiger charge is -2.05. The summed E-state index contributed by atoms with van der Waals surface area (Å²) in [4.78, 5) is 28.9. The molecule has 5 nitrogen and oxygen atoms in total. The number of ether oxygens (including phenoxy) is 1. The average molecular weight is 372 g/mol. The lowest BCUT2D eigenvalue weighted by molar-refractivity contribution is -0.143. The molecule has 0 aliphatic carbocycles. The Morgan fingerprint density at radius 3 is 2.62 bits per heavy atom. The fourth-order valence-corrected chi connectivity index (χ4v) is 3.62. The van der Waals surface area contributed by atoms with E-state index in [4.69, 9.17) is 4.74 Å². The van der Waals surface area contributed by atoms with E-state index in [9.17, 15) is 14.0 Å². The van der Waals surface area contributed by atoms with E-state index in [0.717, 1.165) is 15.8 Å². The number of thiazole rings is 1. The first-order valence-electron chi connectivity index (χ1n) is 8.08. The van der Waals surface area contributed by atoms with E-state index >= 15 is 0 Å². The molecule has 0 aliphatic rings. The molecule has 0 aliphatic heterocycles. The molecule has 0 unspecified atom stereocenters. The van der Waals surface area contributed by atoms with Crippen molar-refractivity contribution in [2.75, 3.05) is 6.61 Å². The van der Waals surface area contributed by atoms with Gasteiger partial charge in [-0.1, -0.05) is 17.4 Å². The first-order valence-corrected chi connectivity index (χ1v) is 8.90. The standard InChI is InChI=1S/C19H17FN2O3S/c1-3-25-17(23)11-22-15-9-4-12(2)10-16(15)26-19(22)21-18(24)13-5-7-14(20)8-6-13/h4-10H,3,11H2,1-2H3. The van der Waals surface area contributed by atoms with E-state index in [0.29, 0.717) is 4.80 Å². The number of carbonyl (C=O) groups excluding carboxylic acids is 2. The summed E-state index contributed by atoms with van der Waals surface area (Å²) < 4.78 is 20.6. The van der Waals surface area contributed by atoms with E-state index in [1.54, 1.807) is 11.5 Å². The highest BCUT2D eigenvalue weighted by molar-refractivity contribution is 7.16. The van der Waals surface area contributed by atoms with E-state index in [2.05, 4.69) is 4.99 Å². The number of rotatable bonds is 4. The molecule has 7 heteroatoms. The minimum atomic E-state index is -0.495. The van der Waals surface area contributed by atoms with Crippen LogP contribution < -0.4 is 4.80 Å². The van der Waals surface area contributed by atoms with Crippen molar-refractivity contribution in [2.24, 2.45) is 4.99 Å². The van der Waals surface area contributed by atoms with Gasteiger partial charge in [0.25, 0.3) is 5.91 Å². The number of hydrogen-bond donors (Lipinski definition) is 0. The summed E-state index contributed by atoms with van der Waals surface area (Å²) in [6.45, 7) is 3.95. The molecule has 3 rings (SSSR count). The van der Waals surface area contributed by atoms with Crippen LogP contribution in [0.4, 0.5) is 4.39 Å². The first kappa shape index (κ1) is 18.0. The molecule has 0 spiro atoms. The van der Waals surface area contributed by atoms with Crippen LogP contribution in [-0.4, -0.2) is 23.1 Å². The van der Waals surface area contributed by atoms with Crippen LogP contribution in [0.25, 0.3) is 10.2 Å². The molecule has 2 aromatic carbocycles. The van der Waals surface area contributed by atoms with Crippen LogP contribution in [0.1, 0.15) is 22.8 Å². The number of aryl methyl sites for hydroxylation is 1. The lowest BCUT2D eigenvalue weighted by atomic mass is 10.2. The summed E-state index contributed by atoms with van der Waals surface area (Å²) in [5, 5.41) is 0. The molecule has 0 atom stereocenters. The predicted octanol–water partition coefficient (Wildman–Crippen LogP) is 3.45. The van der Waals surface area contributed by atoms with Crippen LogP contribution in [0, 0.1) is 12.7 Å². The third-order valence-corrected chi connectivity index (χ3v) is 4.76. The molecule has 1 aromatic heterocycles. The zero-order valence-corrected chi connectivity index (χ0v) is 15.2. The first-order chi connectivity index (χ1) is 12.5. The molecule has 26 heavy (non-hydrogen) atoms. The maximum absolute atomic E-state index is 13.0. The SMILES string of the molecule is CCOC(=O)Cn1c(=NC(=O)c2ccc(F)cc2)sc2cc(C)ccc21. The molecular weight excluding hydrogens is 355 g/mol. The van der Waals surface area contributed by atoms with Crippen LogP contribution in [0.15, 0.2) is 47.5 Å². The van der Waals surface area contributed by atoms with Crippen molar-refractivity contribution in [3.63, 3.8) is 0 Å². The lowest BCUT2D eigenvalue weighted by Crippen LogP contribution is -2.23. The average Bonchev–Trinajstić information content (AvgIpc) is 2.92. The van der Waals surface area contributed by atoms with E-state index in [1.165, 1.54) is 35.6 Å². The Bertz CT molecular complexity index is 1040. The smallest absolute Gasteiger partial charge is 0.326 e. The Morgan fingerprint density at radius 1 is 1.19 bits per heavy atom. The van der Waals surface area contributed by atoms with Gasteiger partial charge in [0, 0.05) is 5.56 Å². The summed E-state index contributed by atoms with van der Waals surface area (Å²) in [6.07, 6.45) is 0. The summed E-state index contributed by atoms with van der Waals surface area (Å²) in [7, 11) is 0. The van der Waals surface area contributed by atoms with Gasteiger partial charge < -0.3 is 9.30 Å². The maximum atomic E-state index is 13.0. The van der Waals surface area contributed by atoms with Gasteiger partial charge in [0.05, 0.1) is 16.8 Å². The molecule has 0 fully saturated rings. The van der Waals surface area contributed by atoms with Gasteiger partial charge in [-0.2, -0.15) is 4.99 Å². The fraction of sp³-hybridized carbons (Fsp3) is 0.211. The number of hydrogen-bond acceptors (Lipinski definition) is 4. The van der Waals surface area contributed by atoms with Gasteiger partial charge in [-0.05, 0) is 55.8 Å². The summed E-state index contributed by atoms with van der Waals surface area (Å²) in [5.74, 6) is -1.31. The monoisotopic (exact) mass is 372 g/mol.